The highest BCUT2D eigenvalue weighted by molar-refractivity contribution is 5.89. The molecule has 116 valence electrons. The maximum Gasteiger partial charge on any atom is 0.424 e. The summed E-state index contributed by atoms with van der Waals surface area (Å²) >= 11 is 0. The number of halogens is 3. The molecular weight excluding hydrogens is 291 g/mol. The van der Waals surface area contributed by atoms with Gasteiger partial charge in [-0.15, -0.1) is 0 Å². The third kappa shape index (κ3) is 4.66. The molecule has 0 aliphatic carbocycles. The number of benzene rings is 1. The Bertz CT molecular complexity index is 602. The number of carbonyl (C=O) groups excluding carboxylic acids is 1. The summed E-state index contributed by atoms with van der Waals surface area (Å²) < 4.78 is 39.0. The zero-order valence-corrected chi connectivity index (χ0v) is 12.0. The largest absolute Gasteiger partial charge is 0.424 e. The van der Waals surface area contributed by atoms with Gasteiger partial charge in [0.2, 0.25) is 5.91 Å². The molecule has 1 fully saturated rings. The van der Waals surface area contributed by atoms with Crippen LogP contribution in [-0.2, 0) is 4.79 Å². The van der Waals surface area contributed by atoms with E-state index < -0.39 is 17.7 Å². The first-order chi connectivity index (χ1) is 10.5. The van der Waals surface area contributed by atoms with Crippen LogP contribution in [0.3, 0.4) is 0 Å². The van der Waals surface area contributed by atoms with E-state index in [1.807, 2.05) is 0 Å². The number of alkyl halides is 3. The predicted octanol–water partition coefficient (Wildman–Crippen LogP) is 3.54. The fourth-order valence-electron chi connectivity index (χ4n) is 2.18. The Labute approximate surface area is 127 Å². The van der Waals surface area contributed by atoms with E-state index >= 15 is 0 Å². The van der Waals surface area contributed by atoms with Crippen molar-refractivity contribution in [3.8, 4) is 11.8 Å². The lowest BCUT2D eigenvalue weighted by molar-refractivity contribution is -0.127. The van der Waals surface area contributed by atoms with Crippen LogP contribution >= 0.6 is 0 Å². The van der Waals surface area contributed by atoms with E-state index in [0.29, 0.717) is 24.7 Å². The summed E-state index contributed by atoms with van der Waals surface area (Å²) in [5.41, 5.74) is -0.630. The van der Waals surface area contributed by atoms with Gasteiger partial charge in [0.25, 0.3) is 0 Å². The molecule has 0 bridgehead atoms. The first kappa shape index (κ1) is 16.2. The van der Waals surface area contributed by atoms with Crippen molar-refractivity contribution < 1.29 is 18.0 Å². The molecule has 0 saturated carbocycles. The second-order valence-corrected chi connectivity index (χ2v) is 5.06. The van der Waals surface area contributed by atoms with Gasteiger partial charge < -0.3 is 4.90 Å². The topological polar surface area (TPSA) is 20.3 Å². The second kappa shape index (κ2) is 7.17. The second-order valence-electron chi connectivity index (χ2n) is 5.06. The molecule has 1 aliphatic rings. The van der Waals surface area contributed by atoms with Crippen molar-refractivity contribution in [3.05, 3.63) is 47.5 Å². The maximum absolute atomic E-state index is 13.0. The van der Waals surface area contributed by atoms with Crippen molar-refractivity contribution in [3.63, 3.8) is 0 Å². The number of amides is 1. The number of likely N-dealkylation sites (tertiary alicyclic amines) is 1. The lowest BCUT2D eigenvalue weighted by Crippen LogP contribution is -2.35. The number of rotatable bonds is 1. The molecule has 0 spiro atoms. The van der Waals surface area contributed by atoms with Crippen LogP contribution in [0.25, 0.3) is 0 Å². The van der Waals surface area contributed by atoms with Gasteiger partial charge in [-0.1, -0.05) is 30.0 Å². The summed E-state index contributed by atoms with van der Waals surface area (Å²) in [5, 5.41) is 0. The molecule has 0 unspecified atom stereocenters. The van der Waals surface area contributed by atoms with Crippen LogP contribution in [0.15, 0.2) is 42.0 Å². The SMILES string of the molecule is O=C(/C=C(/C#Cc1ccccc1)C(F)(F)F)N1CCCCC1. The summed E-state index contributed by atoms with van der Waals surface area (Å²) in [6.45, 7) is 1.01. The standard InChI is InChI=1S/C17H16F3NO/c18-17(19,20)15(10-9-14-7-3-1-4-8-14)13-16(22)21-11-5-2-6-12-21/h1,3-4,7-8,13H,2,5-6,11-12H2/b15-13-. The fraction of sp³-hybridized carbons (Fsp3) is 0.353. The molecule has 5 heteroatoms. The average molecular weight is 307 g/mol. The van der Waals surface area contributed by atoms with Crippen molar-refractivity contribution in [1.29, 1.82) is 0 Å². The molecule has 1 saturated heterocycles. The van der Waals surface area contributed by atoms with Crippen molar-refractivity contribution in [2.24, 2.45) is 0 Å². The predicted molar refractivity (Wildman–Crippen MR) is 77.9 cm³/mol. The van der Waals surface area contributed by atoms with Gasteiger partial charge in [-0.2, -0.15) is 13.2 Å². The number of piperidine rings is 1. The smallest absolute Gasteiger partial charge is 0.339 e. The van der Waals surface area contributed by atoms with Crippen molar-refractivity contribution in [1.82, 2.24) is 4.90 Å². The first-order valence-electron chi connectivity index (χ1n) is 7.12. The van der Waals surface area contributed by atoms with Crippen LogP contribution in [0.1, 0.15) is 24.8 Å². The van der Waals surface area contributed by atoms with Crippen molar-refractivity contribution in [2.75, 3.05) is 13.1 Å². The quantitative estimate of drug-likeness (QED) is 0.574. The monoisotopic (exact) mass is 307 g/mol. The molecule has 0 aromatic heterocycles. The average Bonchev–Trinajstić information content (AvgIpc) is 2.52. The van der Waals surface area contributed by atoms with Crippen LogP contribution in [0.4, 0.5) is 13.2 Å². The van der Waals surface area contributed by atoms with Crippen LogP contribution in [0, 0.1) is 11.8 Å². The molecule has 1 heterocycles. The number of hydrogen-bond donors (Lipinski definition) is 0. The Morgan fingerprint density at radius 2 is 1.73 bits per heavy atom. The molecular formula is C17H16F3NO. The minimum atomic E-state index is -4.63. The molecule has 0 N–H and O–H groups in total. The van der Waals surface area contributed by atoms with E-state index in [0.717, 1.165) is 19.3 Å². The number of carbonyl (C=O) groups is 1. The van der Waals surface area contributed by atoms with Crippen LogP contribution in [0.2, 0.25) is 0 Å². The first-order valence-corrected chi connectivity index (χ1v) is 7.12. The fourth-order valence-corrected chi connectivity index (χ4v) is 2.18. The number of allylic oxidation sites excluding steroid dienone is 1. The summed E-state index contributed by atoms with van der Waals surface area (Å²) in [4.78, 5) is 13.4. The minimum absolute atomic E-state index is 0.475. The summed E-state index contributed by atoms with van der Waals surface area (Å²) in [5.74, 6) is 3.92. The Morgan fingerprint density at radius 3 is 2.32 bits per heavy atom. The summed E-state index contributed by atoms with van der Waals surface area (Å²) in [6.07, 6.45) is -1.35. The normalized spacial score (nSPS) is 16.0. The third-order valence-corrected chi connectivity index (χ3v) is 3.36. The molecule has 22 heavy (non-hydrogen) atoms. The molecule has 0 radical (unpaired) electrons. The molecule has 1 aromatic carbocycles. The Balaban J connectivity index is 2.21. The summed E-state index contributed by atoms with van der Waals surface area (Å²) in [7, 11) is 0. The van der Waals surface area contributed by atoms with Crippen LogP contribution in [-0.4, -0.2) is 30.1 Å². The lowest BCUT2D eigenvalue weighted by atomic mass is 10.1. The van der Waals surface area contributed by atoms with E-state index in [1.165, 1.54) is 4.90 Å². The third-order valence-electron chi connectivity index (χ3n) is 3.36. The maximum atomic E-state index is 13.0. The van der Waals surface area contributed by atoms with Gasteiger partial charge in [-0.05, 0) is 31.4 Å². The highest BCUT2D eigenvalue weighted by atomic mass is 19.4. The zero-order chi connectivity index (χ0) is 16.0. The lowest BCUT2D eigenvalue weighted by Gasteiger charge is -2.25. The van der Waals surface area contributed by atoms with Crippen molar-refractivity contribution in [2.45, 2.75) is 25.4 Å². The molecule has 2 nitrogen and oxygen atoms in total. The zero-order valence-electron chi connectivity index (χ0n) is 12.0. The van der Waals surface area contributed by atoms with E-state index in [9.17, 15) is 18.0 Å². The van der Waals surface area contributed by atoms with Gasteiger partial charge in [0, 0.05) is 24.7 Å². The molecule has 1 aliphatic heterocycles. The summed E-state index contributed by atoms with van der Waals surface area (Å²) in [6, 6.07) is 8.38. The van der Waals surface area contributed by atoms with E-state index in [2.05, 4.69) is 11.8 Å². The minimum Gasteiger partial charge on any atom is -0.339 e. The van der Waals surface area contributed by atoms with Gasteiger partial charge in [-0.25, -0.2) is 0 Å². The molecule has 0 atom stereocenters. The molecule has 2 rings (SSSR count). The van der Waals surface area contributed by atoms with Gasteiger partial charge in [0.05, 0.1) is 0 Å². The molecule has 1 aromatic rings. The van der Waals surface area contributed by atoms with E-state index in [4.69, 9.17) is 0 Å². The van der Waals surface area contributed by atoms with Crippen LogP contribution in [0.5, 0.6) is 0 Å². The van der Waals surface area contributed by atoms with Gasteiger partial charge in [0.1, 0.15) is 5.57 Å². The number of hydrogen-bond acceptors (Lipinski definition) is 1. The van der Waals surface area contributed by atoms with Crippen molar-refractivity contribution >= 4 is 5.91 Å². The van der Waals surface area contributed by atoms with Gasteiger partial charge >= 0.3 is 6.18 Å². The number of nitrogens with zero attached hydrogens (tertiary/aromatic N) is 1. The van der Waals surface area contributed by atoms with Crippen LogP contribution < -0.4 is 0 Å². The van der Waals surface area contributed by atoms with E-state index in [-0.39, 0.29) is 0 Å². The highest BCUT2D eigenvalue weighted by Crippen LogP contribution is 2.25. The Hall–Kier alpha value is -2.22. The molecule has 1 amide bonds. The van der Waals surface area contributed by atoms with Gasteiger partial charge in [-0.3, -0.25) is 4.79 Å². The Morgan fingerprint density at radius 1 is 1.09 bits per heavy atom. The van der Waals surface area contributed by atoms with Gasteiger partial charge in [0.15, 0.2) is 0 Å². The highest BCUT2D eigenvalue weighted by Gasteiger charge is 2.34. The Kier molecular flexibility index (Phi) is 5.26. The van der Waals surface area contributed by atoms with E-state index in [1.54, 1.807) is 30.3 Å².